The van der Waals surface area contributed by atoms with Gasteiger partial charge in [-0.2, -0.15) is 0 Å². The van der Waals surface area contributed by atoms with Crippen molar-refractivity contribution in [1.29, 1.82) is 0 Å². The van der Waals surface area contributed by atoms with Gasteiger partial charge in [-0.25, -0.2) is 4.79 Å². The number of carboxylic acids is 1. The number of aliphatic carboxylic acids is 1. The molecule has 2 unspecified atom stereocenters. The van der Waals surface area contributed by atoms with Crippen molar-refractivity contribution in [3.8, 4) is 0 Å². The highest BCUT2D eigenvalue weighted by atomic mass is 16.4. The Bertz CT molecular complexity index is 594. The molecule has 1 aromatic carbocycles. The molecule has 1 aromatic rings. The molecule has 2 atom stereocenters. The number of nitrogens with zero attached hydrogens (tertiary/aromatic N) is 1. The first-order chi connectivity index (χ1) is 11.1. The molecule has 0 radical (unpaired) electrons. The van der Waals surface area contributed by atoms with E-state index in [2.05, 4.69) is 26.1 Å². The minimum Gasteiger partial charge on any atom is -0.481 e. The number of amides is 2. The van der Waals surface area contributed by atoms with E-state index in [1.54, 1.807) is 11.8 Å². The topological polar surface area (TPSA) is 69.6 Å². The maximum absolute atomic E-state index is 12.6. The highest BCUT2D eigenvalue weighted by Gasteiger charge is 2.42. The van der Waals surface area contributed by atoms with E-state index < -0.39 is 11.4 Å². The van der Waals surface area contributed by atoms with Crippen LogP contribution >= 0.6 is 0 Å². The monoisotopic (exact) mass is 332 g/mol. The molecule has 132 valence electrons. The van der Waals surface area contributed by atoms with Gasteiger partial charge < -0.3 is 15.3 Å². The Hall–Kier alpha value is -2.04. The third-order valence-corrected chi connectivity index (χ3v) is 4.59. The largest absolute Gasteiger partial charge is 0.481 e. The number of carbonyl (C=O) groups is 2. The van der Waals surface area contributed by atoms with E-state index in [9.17, 15) is 14.7 Å². The minimum atomic E-state index is -0.844. The first-order valence-corrected chi connectivity index (χ1v) is 8.44. The Morgan fingerprint density at radius 3 is 2.42 bits per heavy atom. The van der Waals surface area contributed by atoms with E-state index >= 15 is 0 Å². The molecule has 0 saturated carbocycles. The molecule has 0 spiro atoms. The Kier molecular flexibility index (Phi) is 5.21. The average Bonchev–Trinajstić information content (AvgIpc) is 2.90. The van der Waals surface area contributed by atoms with Crippen LogP contribution in [0.3, 0.4) is 0 Å². The second kappa shape index (κ2) is 6.83. The van der Waals surface area contributed by atoms with Crippen molar-refractivity contribution in [1.82, 2.24) is 10.2 Å². The molecule has 1 saturated heterocycles. The molecule has 1 aliphatic rings. The molecule has 2 rings (SSSR count). The van der Waals surface area contributed by atoms with Gasteiger partial charge in [0, 0.05) is 13.1 Å². The molecular formula is C19H28N2O3. The first kappa shape index (κ1) is 18.3. The number of hydrogen-bond acceptors (Lipinski definition) is 2. The molecule has 1 heterocycles. The van der Waals surface area contributed by atoms with Crippen molar-refractivity contribution in [3.05, 3.63) is 35.9 Å². The van der Waals surface area contributed by atoms with Gasteiger partial charge in [0.25, 0.3) is 0 Å². The molecule has 0 aromatic heterocycles. The molecule has 2 N–H and O–H groups in total. The van der Waals surface area contributed by atoms with Crippen LogP contribution in [0.1, 0.15) is 52.1 Å². The standard InChI is InChI=1S/C19H28N2O3/c1-18(2,3)12-15(14-8-6-5-7-9-14)20-17(24)21-11-10-19(4,13-21)16(22)23/h5-9,15H,10-13H2,1-4H3,(H,20,24)(H,22,23). The zero-order chi connectivity index (χ0) is 18.0. The fourth-order valence-electron chi connectivity index (χ4n) is 3.10. The summed E-state index contributed by atoms with van der Waals surface area (Å²) in [7, 11) is 0. The maximum Gasteiger partial charge on any atom is 0.317 e. The Balaban J connectivity index is 2.10. The summed E-state index contributed by atoms with van der Waals surface area (Å²) in [5.41, 5.74) is 0.291. The summed E-state index contributed by atoms with van der Waals surface area (Å²) in [6.07, 6.45) is 1.30. The van der Waals surface area contributed by atoms with Crippen molar-refractivity contribution in [3.63, 3.8) is 0 Å². The van der Waals surface area contributed by atoms with Gasteiger partial charge in [-0.1, -0.05) is 51.1 Å². The minimum absolute atomic E-state index is 0.0639. The summed E-state index contributed by atoms with van der Waals surface area (Å²) in [4.78, 5) is 25.6. The quantitative estimate of drug-likeness (QED) is 0.884. The second-order valence-electron chi connectivity index (χ2n) is 8.21. The van der Waals surface area contributed by atoms with Crippen molar-refractivity contribution in [2.75, 3.05) is 13.1 Å². The number of benzene rings is 1. The number of nitrogens with one attached hydrogen (secondary N) is 1. The summed E-state index contributed by atoms with van der Waals surface area (Å²) >= 11 is 0. The van der Waals surface area contributed by atoms with Crippen molar-refractivity contribution in [2.45, 2.75) is 46.6 Å². The third-order valence-electron chi connectivity index (χ3n) is 4.59. The Morgan fingerprint density at radius 1 is 1.29 bits per heavy atom. The van der Waals surface area contributed by atoms with Crippen LogP contribution in [0.2, 0.25) is 0 Å². The molecule has 1 fully saturated rings. The SMILES string of the molecule is CC(C)(C)CC(NC(=O)N1CCC(C)(C(=O)O)C1)c1ccccc1. The number of carbonyl (C=O) groups excluding carboxylic acids is 1. The summed E-state index contributed by atoms with van der Waals surface area (Å²) in [5.74, 6) is -0.841. The smallest absolute Gasteiger partial charge is 0.317 e. The van der Waals surface area contributed by atoms with Crippen LogP contribution in [0.4, 0.5) is 4.79 Å². The van der Waals surface area contributed by atoms with Crippen LogP contribution in [0.5, 0.6) is 0 Å². The lowest BCUT2D eigenvalue weighted by atomic mass is 9.85. The van der Waals surface area contributed by atoms with Gasteiger partial charge in [0.1, 0.15) is 0 Å². The van der Waals surface area contributed by atoms with Crippen LogP contribution in [0, 0.1) is 10.8 Å². The van der Waals surface area contributed by atoms with E-state index in [0.717, 1.165) is 12.0 Å². The normalized spacial score (nSPS) is 22.2. The maximum atomic E-state index is 12.6. The molecule has 0 bridgehead atoms. The van der Waals surface area contributed by atoms with Gasteiger partial charge >= 0.3 is 12.0 Å². The Morgan fingerprint density at radius 2 is 1.92 bits per heavy atom. The van der Waals surface area contributed by atoms with Crippen LogP contribution in [-0.4, -0.2) is 35.1 Å². The summed E-state index contributed by atoms with van der Waals surface area (Å²) in [6, 6.07) is 9.65. The summed E-state index contributed by atoms with van der Waals surface area (Å²) in [6.45, 7) is 8.87. The number of likely N-dealkylation sites (tertiary alicyclic amines) is 1. The van der Waals surface area contributed by atoms with Crippen molar-refractivity contribution in [2.24, 2.45) is 10.8 Å². The fraction of sp³-hybridized carbons (Fsp3) is 0.579. The van der Waals surface area contributed by atoms with Crippen molar-refractivity contribution < 1.29 is 14.7 Å². The predicted octanol–water partition coefficient (Wildman–Crippen LogP) is 3.67. The second-order valence-corrected chi connectivity index (χ2v) is 8.21. The first-order valence-electron chi connectivity index (χ1n) is 8.44. The molecule has 1 aliphatic heterocycles. The van der Waals surface area contributed by atoms with Gasteiger partial charge in [-0.15, -0.1) is 0 Å². The van der Waals surface area contributed by atoms with Crippen LogP contribution in [0.25, 0.3) is 0 Å². The molecule has 24 heavy (non-hydrogen) atoms. The van der Waals surface area contributed by atoms with Crippen LogP contribution < -0.4 is 5.32 Å². The van der Waals surface area contributed by atoms with Gasteiger partial charge in [-0.3, -0.25) is 4.79 Å². The number of rotatable bonds is 4. The van der Waals surface area contributed by atoms with Gasteiger partial charge in [0.15, 0.2) is 0 Å². The van der Waals surface area contributed by atoms with E-state index in [4.69, 9.17) is 0 Å². The zero-order valence-electron chi connectivity index (χ0n) is 15.0. The number of urea groups is 1. The van der Waals surface area contributed by atoms with Crippen molar-refractivity contribution >= 4 is 12.0 Å². The lowest BCUT2D eigenvalue weighted by molar-refractivity contribution is -0.147. The van der Waals surface area contributed by atoms with Crippen LogP contribution in [-0.2, 0) is 4.79 Å². The van der Waals surface area contributed by atoms with E-state index in [1.165, 1.54) is 0 Å². The zero-order valence-corrected chi connectivity index (χ0v) is 15.0. The predicted molar refractivity (Wildman–Crippen MR) is 93.7 cm³/mol. The van der Waals surface area contributed by atoms with E-state index in [-0.39, 0.29) is 24.0 Å². The van der Waals surface area contributed by atoms with E-state index in [1.807, 2.05) is 30.3 Å². The molecule has 5 nitrogen and oxygen atoms in total. The average molecular weight is 332 g/mol. The summed E-state index contributed by atoms with van der Waals surface area (Å²) in [5, 5.41) is 12.4. The molecular weight excluding hydrogens is 304 g/mol. The fourth-order valence-corrected chi connectivity index (χ4v) is 3.10. The lowest BCUT2D eigenvalue weighted by Gasteiger charge is -2.29. The van der Waals surface area contributed by atoms with Crippen LogP contribution in [0.15, 0.2) is 30.3 Å². The highest BCUT2D eigenvalue weighted by Crippen LogP contribution is 2.32. The molecule has 5 heteroatoms. The lowest BCUT2D eigenvalue weighted by Crippen LogP contribution is -2.43. The highest BCUT2D eigenvalue weighted by molar-refractivity contribution is 5.79. The Labute approximate surface area is 144 Å². The number of carboxylic acid groups (broad SMARTS) is 1. The van der Waals surface area contributed by atoms with Gasteiger partial charge in [0.2, 0.25) is 0 Å². The van der Waals surface area contributed by atoms with Gasteiger partial charge in [-0.05, 0) is 30.7 Å². The summed E-state index contributed by atoms with van der Waals surface area (Å²) < 4.78 is 0. The van der Waals surface area contributed by atoms with E-state index in [0.29, 0.717) is 13.0 Å². The molecule has 0 aliphatic carbocycles. The molecule has 2 amide bonds. The third kappa shape index (κ3) is 4.49. The number of hydrogen-bond donors (Lipinski definition) is 2. The van der Waals surface area contributed by atoms with Gasteiger partial charge in [0.05, 0.1) is 11.5 Å².